The Labute approximate surface area is 69.3 Å². The van der Waals surface area contributed by atoms with Gasteiger partial charge in [-0.3, -0.25) is 0 Å². The molecule has 2 atom stereocenters. The van der Waals surface area contributed by atoms with Crippen LogP contribution < -0.4 is 0 Å². The fourth-order valence-corrected chi connectivity index (χ4v) is 0.933. The maximum Gasteiger partial charge on any atom is 0.181 e. The molecular formula is C3H8O3S3. The van der Waals surface area contributed by atoms with Gasteiger partial charge in [0.1, 0.15) is 11.5 Å². The van der Waals surface area contributed by atoms with E-state index in [2.05, 4.69) is 37.9 Å². The number of rotatable bonds is 2. The fourth-order valence-electron chi connectivity index (χ4n) is 0.200. The second-order valence-electron chi connectivity index (χ2n) is 1.55. The SMILES string of the molecule is OC(S)C(O)C(O)(S)S. The molecule has 0 fully saturated rings. The van der Waals surface area contributed by atoms with Crippen LogP contribution in [0.25, 0.3) is 0 Å². The van der Waals surface area contributed by atoms with Gasteiger partial charge in [-0.05, 0) is 0 Å². The lowest BCUT2D eigenvalue weighted by atomic mass is 10.4. The van der Waals surface area contributed by atoms with Gasteiger partial charge in [-0.15, -0.1) is 37.9 Å². The molecule has 0 aliphatic heterocycles. The van der Waals surface area contributed by atoms with E-state index in [0.717, 1.165) is 0 Å². The molecule has 2 unspecified atom stereocenters. The third kappa shape index (κ3) is 3.59. The van der Waals surface area contributed by atoms with Gasteiger partial charge in [-0.2, -0.15) is 0 Å². The quantitative estimate of drug-likeness (QED) is 0.251. The summed E-state index contributed by atoms with van der Waals surface area (Å²) in [4.78, 5) is 0. The third-order valence-corrected chi connectivity index (χ3v) is 1.49. The first kappa shape index (κ1) is 9.93. The van der Waals surface area contributed by atoms with E-state index < -0.39 is 15.8 Å². The number of aliphatic hydroxyl groups is 3. The standard InChI is InChI=1S/C3H8O3S3/c4-1(2(5)7)3(6,8)9/h1-2,4-9H. The Kier molecular flexibility index (Phi) is 3.71. The highest BCUT2D eigenvalue weighted by molar-refractivity contribution is 8.00. The first-order chi connectivity index (χ1) is 3.85. The maximum absolute atomic E-state index is 8.73. The van der Waals surface area contributed by atoms with Crippen molar-refractivity contribution in [2.24, 2.45) is 0 Å². The van der Waals surface area contributed by atoms with Crippen LogP contribution in [0.1, 0.15) is 0 Å². The van der Waals surface area contributed by atoms with Gasteiger partial charge in [0.2, 0.25) is 0 Å². The van der Waals surface area contributed by atoms with Crippen molar-refractivity contribution < 1.29 is 15.3 Å². The summed E-state index contributed by atoms with van der Waals surface area (Å²) in [5.41, 5.74) is -1.34. The minimum absolute atomic E-state index is 1.34. The number of thiol groups is 3. The van der Waals surface area contributed by atoms with Crippen molar-refractivity contribution in [1.82, 2.24) is 0 Å². The molecule has 0 aliphatic carbocycles. The minimum Gasteiger partial charge on any atom is -0.385 e. The van der Waals surface area contributed by atoms with Crippen molar-refractivity contribution in [3.05, 3.63) is 0 Å². The van der Waals surface area contributed by atoms with Crippen LogP contribution in [-0.4, -0.2) is 31.1 Å². The molecule has 0 saturated heterocycles. The summed E-state index contributed by atoms with van der Waals surface area (Å²) in [6, 6.07) is 0. The van der Waals surface area contributed by atoms with E-state index in [-0.39, 0.29) is 0 Å². The Balaban J connectivity index is 3.88. The average molecular weight is 188 g/mol. The molecule has 9 heavy (non-hydrogen) atoms. The van der Waals surface area contributed by atoms with Crippen molar-refractivity contribution in [3.63, 3.8) is 0 Å². The fraction of sp³-hybridized carbons (Fsp3) is 1.00. The highest BCUT2D eigenvalue weighted by atomic mass is 32.2. The van der Waals surface area contributed by atoms with E-state index in [0.29, 0.717) is 0 Å². The van der Waals surface area contributed by atoms with E-state index in [1.165, 1.54) is 0 Å². The van der Waals surface area contributed by atoms with Gasteiger partial charge >= 0.3 is 0 Å². The Bertz CT molecular complexity index is 88.8. The maximum atomic E-state index is 8.73. The summed E-state index contributed by atoms with van der Waals surface area (Å²) in [7, 11) is 0. The predicted octanol–water partition coefficient (Wildman–Crippen LogP) is -0.899. The summed E-state index contributed by atoms with van der Waals surface area (Å²) in [6.07, 6.45) is -1.48. The van der Waals surface area contributed by atoms with Crippen LogP contribution in [0.4, 0.5) is 0 Å². The average Bonchev–Trinajstić information content (AvgIpc) is 1.62. The highest BCUT2D eigenvalue weighted by Gasteiger charge is 2.31. The van der Waals surface area contributed by atoms with Crippen LogP contribution >= 0.6 is 37.9 Å². The second-order valence-corrected chi connectivity index (χ2v) is 3.79. The molecule has 0 aliphatic rings. The molecule has 3 N–H and O–H groups in total. The second kappa shape index (κ2) is 3.36. The lowest BCUT2D eigenvalue weighted by Gasteiger charge is -2.23. The van der Waals surface area contributed by atoms with Crippen molar-refractivity contribution in [3.8, 4) is 0 Å². The Hall–Kier alpha value is 0.930. The first-order valence-corrected chi connectivity index (χ1v) is 3.48. The first-order valence-electron chi connectivity index (χ1n) is 2.07. The van der Waals surface area contributed by atoms with Crippen LogP contribution in [0.3, 0.4) is 0 Å². The molecule has 0 heterocycles. The molecule has 0 saturated carbocycles. The van der Waals surface area contributed by atoms with E-state index in [1.807, 2.05) is 0 Å². The zero-order valence-electron chi connectivity index (χ0n) is 4.34. The largest absolute Gasteiger partial charge is 0.385 e. The summed E-state index contributed by atoms with van der Waals surface area (Å²) in [5, 5.41) is 26.0. The van der Waals surface area contributed by atoms with Gasteiger partial charge in [-0.25, -0.2) is 0 Å². The van der Waals surface area contributed by atoms with Gasteiger partial charge < -0.3 is 15.3 Å². The molecule has 0 aromatic rings. The molecule has 6 heteroatoms. The molecule has 0 aromatic carbocycles. The van der Waals surface area contributed by atoms with Gasteiger partial charge in [0.15, 0.2) is 4.27 Å². The van der Waals surface area contributed by atoms with Crippen LogP contribution in [0.5, 0.6) is 0 Å². The van der Waals surface area contributed by atoms with Crippen LogP contribution in [0.2, 0.25) is 0 Å². The van der Waals surface area contributed by atoms with Gasteiger partial charge in [-0.1, -0.05) is 0 Å². The topological polar surface area (TPSA) is 60.7 Å². The molecule has 0 amide bonds. The zero-order chi connectivity index (χ0) is 7.65. The van der Waals surface area contributed by atoms with Gasteiger partial charge in [0.25, 0.3) is 0 Å². The third-order valence-electron chi connectivity index (χ3n) is 0.679. The van der Waals surface area contributed by atoms with Crippen molar-refractivity contribution >= 4 is 37.9 Å². The summed E-state index contributed by atoms with van der Waals surface area (Å²) >= 11 is 10.3. The molecule has 0 rings (SSSR count). The zero-order valence-corrected chi connectivity index (χ0v) is 7.02. The molecule has 0 spiro atoms. The van der Waals surface area contributed by atoms with E-state index in [4.69, 9.17) is 15.3 Å². The van der Waals surface area contributed by atoms with Crippen LogP contribution in [-0.2, 0) is 0 Å². The lowest BCUT2D eigenvalue weighted by molar-refractivity contribution is 0.000217. The van der Waals surface area contributed by atoms with Gasteiger partial charge in [0.05, 0.1) is 0 Å². The Morgan fingerprint density at radius 3 is 1.56 bits per heavy atom. The van der Waals surface area contributed by atoms with E-state index in [9.17, 15) is 0 Å². The normalized spacial score (nSPS) is 19.3. The Morgan fingerprint density at radius 2 is 1.56 bits per heavy atom. The summed E-state index contributed by atoms with van der Waals surface area (Å²) in [5.74, 6) is 0. The van der Waals surface area contributed by atoms with Crippen LogP contribution in [0, 0.1) is 0 Å². The van der Waals surface area contributed by atoms with Crippen molar-refractivity contribution in [2.45, 2.75) is 15.8 Å². The molecule has 3 nitrogen and oxygen atoms in total. The molecule has 56 valence electrons. The smallest absolute Gasteiger partial charge is 0.181 e. The number of hydrogen-bond donors (Lipinski definition) is 6. The molecule has 0 bridgehead atoms. The minimum atomic E-state index is -1.90. The molecule has 0 aromatic heterocycles. The molecular weight excluding hydrogens is 180 g/mol. The molecule has 0 radical (unpaired) electrons. The predicted molar refractivity (Wildman–Crippen MR) is 43.9 cm³/mol. The van der Waals surface area contributed by atoms with Crippen molar-refractivity contribution in [2.75, 3.05) is 0 Å². The van der Waals surface area contributed by atoms with E-state index >= 15 is 0 Å². The number of aliphatic hydroxyl groups excluding tert-OH is 2. The monoisotopic (exact) mass is 188 g/mol. The Morgan fingerprint density at radius 1 is 1.22 bits per heavy atom. The number of hydrogen-bond acceptors (Lipinski definition) is 6. The summed E-state index contributed by atoms with van der Waals surface area (Å²) < 4.78 is -1.90. The highest BCUT2D eigenvalue weighted by Crippen LogP contribution is 2.23. The van der Waals surface area contributed by atoms with Gasteiger partial charge in [0, 0.05) is 0 Å². The van der Waals surface area contributed by atoms with Crippen molar-refractivity contribution in [1.29, 1.82) is 0 Å². The lowest BCUT2D eigenvalue weighted by Crippen LogP contribution is -2.38. The van der Waals surface area contributed by atoms with E-state index in [1.54, 1.807) is 0 Å². The summed E-state index contributed by atoms with van der Waals surface area (Å²) in [6.45, 7) is 0. The van der Waals surface area contributed by atoms with Crippen LogP contribution in [0.15, 0.2) is 0 Å².